The van der Waals surface area contributed by atoms with Gasteiger partial charge in [-0.15, -0.1) is 0 Å². The van der Waals surface area contributed by atoms with Gasteiger partial charge in [0, 0.05) is 18.3 Å². The molecule has 24 heavy (non-hydrogen) atoms. The Kier molecular flexibility index (Phi) is 5.07. The minimum atomic E-state index is -0.422. The standard InChI is InChI=1S/C19H27N3O2/c1-13-10-14(2)12-16(11-13)22-9-8-17(18(22)23)21-19(24)20-15-6-4-3-5-7-15/h10-12,15,17H,3-9H2,1-2H3,(H2,20,21,24)/t17-/m0/s1. The van der Waals surface area contributed by atoms with Crippen LogP contribution in [0, 0.1) is 13.8 Å². The highest BCUT2D eigenvalue weighted by Crippen LogP contribution is 2.24. The molecule has 3 rings (SSSR count). The normalized spacial score (nSPS) is 21.8. The molecule has 0 spiro atoms. The number of nitrogens with one attached hydrogen (secondary N) is 2. The lowest BCUT2D eigenvalue weighted by molar-refractivity contribution is -0.118. The largest absolute Gasteiger partial charge is 0.335 e. The molecular formula is C19H27N3O2. The second-order valence-electron chi connectivity index (χ2n) is 7.13. The van der Waals surface area contributed by atoms with Crippen molar-refractivity contribution >= 4 is 17.6 Å². The summed E-state index contributed by atoms with van der Waals surface area (Å²) >= 11 is 0. The van der Waals surface area contributed by atoms with Gasteiger partial charge >= 0.3 is 6.03 Å². The molecule has 1 saturated carbocycles. The van der Waals surface area contributed by atoms with Crippen molar-refractivity contribution in [2.75, 3.05) is 11.4 Å². The molecule has 1 aliphatic carbocycles. The third kappa shape index (κ3) is 3.89. The SMILES string of the molecule is Cc1cc(C)cc(N2CC[C@H](NC(=O)NC3CCCCC3)C2=O)c1. The molecule has 3 amide bonds. The third-order valence-electron chi connectivity index (χ3n) is 4.97. The van der Waals surface area contributed by atoms with E-state index in [4.69, 9.17) is 0 Å². The van der Waals surface area contributed by atoms with Gasteiger partial charge < -0.3 is 15.5 Å². The van der Waals surface area contributed by atoms with Gasteiger partial charge in [-0.05, 0) is 56.4 Å². The van der Waals surface area contributed by atoms with Gasteiger partial charge in [-0.2, -0.15) is 0 Å². The second kappa shape index (κ2) is 7.24. The number of nitrogens with zero attached hydrogens (tertiary/aromatic N) is 1. The Labute approximate surface area is 143 Å². The average Bonchev–Trinajstić information content (AvgIpc) is 2.88. The zero-order valence-electron chi connectivity index (χ0n) is 14.6. The number of anilines is 1. The first-order chi connectivity index (χ1) is 11.5. The quantitative estimate of drug-likeness (QED) is 0.895. The number of aryl methyl sites for hydroxylation is 2. The van der Waals surface area contributed by atoms with Crippen molar-refractivity contribution < 1.29 is 9.59 Å². The van der Waals surface area contributed by atoms with Crippen molar-refractivity contribution in [3.8, 4) is 0 Å². The first-order valence-corrected chi connectivity index (χ1v) is 8.99. The van der Waals surface area contributed by atoms with E-state index in [1.807, 2.05) is 26.0 Å². The predicted molar refractivity (Wildman–Crippen MR) is 95.2 cm³/mol. The van der Waals surface area contributed by atoms with E-state index >= 15 is 0 Å². The Morgan fingerprint density at radius 3 is 2.33 bits per heavy atom. The molecule has 2 aliphatic rings. The summed E-state index contributed by atoms with van der Waals surface area (Å²) in [6.45, 7) is 4.71. The molecule has 1 aromatic carbocycles. The van der Waals surface area contributed by atoms with Gasteiger partial charge in [0.15, 0.2) is 0 Å². The van der Waals surface area contributed by atoms with Gasteiger partial charge in [0.05, 0.1) is 0 Å². The maximum atomic E-state index is 12.6. The summed E-state index contributed by atoms with van der Waals surface area (Å²) in [5, 5.41) is 5.88. The summed E-state index contributed by atoms with van der Waals surface area (Å²) in [5.41, 5.74) is 3.21. The van der Waals surface area contributed by atoms with Gasteiger partial charge in [0.25, 0.3) is 0 Å². The molecule has 0 unspecified atom stereocenters. The molecule has 5 nitrogen and oxygen atoms in total. The van der Waals surface area contributed by atoms with Crippen molar-refractivity contribution in [3.63, 3.8) is 0 Å². The molecule has 2 fully saturated rings. The second-order valence-corrected chi connectivity index (χ2v) is 7.13. The first-order valence-electron chi connectivity index (χ1n) is 8.99. The monoisotopic (exact) mass is 329 g/mol. The van der Waals surface area contributed by atoms with Crippen LogP contribution in [-0.4, -0.2) is 30.6 Å². The summed E-state index contributed by atoms with van der Waals surface area (Å²) in [5.74, 6) is -0.0150. The van der Waals surface area contributed by atoms with Crippen molar-refractivity contribution in [1.82, 2.24) is 10.6 Å². The lowest BCUT2D eigenvalue weighted by Crippen LogP contribution is -2.49. The zero-order valence-corrected chi connectivity index (χ0v) is 14.6. The van der Waals surface area contributed by atoms with Crippen LogP contribution in [0.2, 0.25) is 0 Å². The molecule has 1 heterocycles. The summed E-state index contributed by atoms with van der Waals surface area (Å²) in [4.78, 5) is 26.6. The molecule has 0 bridgehead atoms. The van der Waals surface area contributed by atoms with E-state index in [9.17, 15) is 9.59 Å². The molecule has 5 heteroatoms. The van der Waals surface area contributed by atoms with Gasteiger partial charge in [0.2, 0.25) is 5.91 Å². The molecule has 1 saturated heterocycles. The van der Waals surface area contributed by atoms with Crippen LogP contribution >= 0.6 is 0 Å². The summed E-state index contributed by atoms with van der Waals surface area (Å²) < 4.78 is 0. The van der Waals surface area contributed by atoms with E-state index in [1.165, 1.54) is 19.3 Å². The van der Waals surface area contributed by atoms with Crippen LogP contribution in [0.3, 0.4) is 0 Å². The maximum Gasteiger partial charge on any atom is 0.315 e. The van der Waals surface area contributed by atoms with Crippen LogP contribution in [0.1, 0.15) is 49.7 Å². The van der Waals surface area contributed by atoms with Gasteiger partial charge in [0.1, 0.15) is 6.04 Å². The van der Waals surface area contributed by atoms with Crippen molar-refractivity contribution in [2.24, 2.45) is 0 Å². The lowest BCUT2D eigenvalue weighted by Gasteiger charge is -2.24. The van der Waals surface area contributed by atoms with Gasteiger partial charge in [-0.25, -0.2) is 4.79 Å². The summed E-state index contributed by atoms with van der Waals surface area (Å²) in [6.07, 6.45) is 6.35. The first kappa shape index (κ1) is 16.8. The molecule has 0 aromatic heterocycles. The van der Waals surface area contributed by atoms with E-state index in [2.05, 4.69) is 16.7 Å². The Bertz CT molecular complexity index is 603. The van der Waals surface area contributed by atoms with E-state index in [0.29, 0.717) is 13.0 Å². The Hall–Kier alpha value is -2.04. The third-order valence-corrected chi connectivity index (χ3v) is 4.97. The molecule has 1 atom stereocenters. The number of benzene rings is 1. The van der Waals surface area contributed by atoms with Crippen molar-refractivity contribution in [3.05, 3.63) is 29.3 Å². The van der Waals surface area contributed by atoms with E-state index < -0.39 is 6.04 Å². The fourth-order valence-corrected chi connectivity index (χ4v) is 3.81. The Morgan fingerprint density at radius 1 is 1.00 bits per heavy atom. The van der Waals surface area contributed by atoms with Gasteiger partial charge in [-0.1, -0.05) is 25.3 Å². The number of hydrogen-bond acceptors (Lipinski definition) is 2. The Morgan fingerprint density at radius 2 is 1.67 bits per heavy atom. The van der Waals surface area contributed by atoms with Crippen LogP contribution in [0.25, 0.3) is 0 Å². The van der Waals surface area contributed by atoms with E-state index in [-0.39, 0.29) is 18.0 Å². The predicted octanol–water partition coefficient (Wildman–Crippen LogP) is 3.04. The molecule has 2 N–H and O–H groups in total. The van der Waals surface area contributed by atoms with Crippen LogP contribution in [0.5, 0.6) is 0 Å². The number of carbonyl (C=O) groups is 2. The number of hydrogen-bond donors (Lipinski definition) is 2. The number of amides is 3. The highest BCUT2D eigenvalue weighted by atomic mass is 16.2. The molecular weight excluding hydrogens is 302 g/mol. The molecule has 130 valence electrons. The van der Waals surface area contributed by atoms with Crippen LogP contribution < -0.4 is 15.5 Å². The molecule has 1 aliphatic heterocycles. The number of carbonyl (C=O) groups excluding carboxylic acids is 2. The summed E-state index contributed by atoms with van der Waals surface area (Å²) in [7, 11) is 0. The lowest BCUT2D eigenvalue weighted by atomic mass is 9.96. The molecule has 0 radical (unpaired) electrons. The Balaban J connectivity index is 1.58. The van der Waals surface area contributed by atoms with E-state index in [1.54, 1.807) is 4.90 Å². The topological polar surface area (TPSA) is 61.4 Å². The fourth-order valence-electron chi connectivity index (χ4n) is 3.81. The smallest absolute Gasteiger partial charge is 0.315 e. The van der Waals surface area contributed by atoms with Gasteiger partial charge in [-0.3, -0.25) is 4.79 Å². The van der Waals surface area contributed by atoms with Crippen molar-refractivity contribution in [2.45, 2.75) is 64.5 Å². The zero-order chi connectivity index (χ0) is 17.1. The molecule has 1 aromatic rings. The highest BCUT2D eigenvalue weighted by Gasteiger charge is 2.34. The summed E-state index contributed by atoms with van der Waals surface area (Å²) in [6, 6.07) is 5.77. The fraction of sp³-hybridized carbons (Fsp3) is 0.579. The minimum Gasteiger partial charge on any atom is -0.335 e. The van der Waals surface area contributed by atoms with Crippen molar-refractivity contribution in [1.29, 1.82) is 0 Å². The van der Waals surface area contributed by atoms with E-state index in [0.717, 1.165) is 29.7 Å². The number of rotatable bonds is 3. The minimum absolute atomic E-state index is 0.0150. The average molecular weight is 329 g/mol. The van der Waals surface area contributed by atoms with Crippen LogP contribution in [0.15, 0.2) is 18.2 Å². The highest BCUT2D eigenvalue weighted by molar-refractivity contribution is 6.01. The van der Waals surface area contributed by atoms with Crippen LogP contribution in [0.4, 0.5) is 10.5 Å². The maximum absolute atomic E-state index is 12.6. The number of urea groups is 1. The van der Waals surface area contributed by atoms with Crippen LogP contribution in [-0.2, 0) is 4.79 Å².